The fourth-order valence-corrected chi connectivity index (χ4v) is 5.69. The van der Waals surface area contributed by atoms with E-state index in [0.717, 1.165) is 0 Å². The van der Waals surface area contributed by atoms with Crippen LogP contribution in [-0.2, 0) is 0 Å². The highest BCUT2D eigenvalue weighted by Crippen LogP contribution is 2.22. The van der Waals surface area contributed by atoms with Crippen molar-refractivity contribution in [3.63, 3.8) is 0 Å². The molecular formula is C33H49B. The molecule has 0 nitrogen and oxygen atoms in total. The maximum absolute atomic E-state index is 2.35. The lowest BCUT2D eigenvalue weighted by atomic mass is 9.32. The van der Waals surface area contributed by atoms with Crippen LogP contribution < -0.4 is 16.4 Å². The second kappa shape index (κ2) is 12.4. The Morgan fingerprint density at radius 3 is 0.853 bits per heavy atom. The van der Waals surface area contributed by atoms with Crippen molar-refractivity contribution in [2.75, 3.05) is 0 Å². The average Bonchev–Trinajstić information content (AvgIpc) is 2.77. The van der Waals surface area contributed by atoms with Crippen LogP contribution in [0.25, 0.3) is 0 Å². The highest BCUT2D eigenvalue weighted by atomic mass is 14.2. The molecule has 0 saturated carbocycles. The molecule has 3 rings (SSSR count). The van der Waals surface area contributed by atoms with Crippen LogP contribution in [0.1, 0.15) is 88.9 Å². The molecule has 0 saturated heterocycles. The largest absolute Gasteiger partial charge is 0.243 e. The zero-order valence-corrected chi connectivity index (χ0v) is 24.9. The van der Waals surface area contributed by atoms with E-state index >= 15 is 0 Å². The van der Waals surface area contributed by atoms with E-state index in [4.69, 9.17) is 0 Å². The lowest BCUT2D eigenvalue weighted by Crippen LogP contribution is -2.57. The van der Waals surface area contributed by atoms with Crippen LogP contribution >= 0.6 is 0 Å². The second-order valence-corrected chi connectivity index (χ2v) is 9.60. The molecule has 0 fully saturated rings. The topological polar surface area (TPSA) is 0 Å². The molecule has 0 aliphatic carbocycles. The predicted molar refractivity (Wildman–Crippen MR) is 159 cm³/mol. The van der Waals surface area contributed by atoms with Gasteiger partial charge in [0.25, 0.3) is 0 Å². The highest BCUT2D eigenvalue weighted by molar-refractivity contribution is 6.97. The summed E-state index contributed by atoms with van der Waals surface area (Å²) < 4.78 is 0. The van der Waals surface area contributed by atoms with Gasteiger partial charge < -0.3 is 0 Å². The lowest BCUT2D eigenvalue weighted by molar-refractivity contribution is 1.19. The summed E-state index contributed by atoms with van der Waals surface area (Å²) in [6, 6.07) is 9.42. The van der Waals surface area contributed by atoms with Gasteiger partial charge in [0.15, 0.2) is 0 Å². The summed E-state index contributed by atoms with van der Waals surface area (Å²) in [6.45, 7) is 33.3. The third-order valence-electron chi connectivity index (χ3n) is 7.40. The number of hydrogen-bond acceptors (Lipinski definition) is 0. The average molecular weight is 457 g/mol. The van der Waals surface area contributed by atoms with Crippen LogP contribution in [-0.4, -0.2) is 6.71 Å². The molecule has 0 bridgehead atoms. The molecule has 3 aromatic rings. The normalized spacial score (nSPS) is 10.2. The lowest BCUT2D eigenvalue weighted by Gasteiger charge is -2.29. The monoisotopic (exact) mass is 456 g/mol. The van der Waals surface area contributed by atoms with Gasteiger partial charge in [-0.1, -0.05) is 113 Å². The molecule has 0 spiro atoms. The van der Waals surface area contributed by atoms with Gasteiger partial charge in [-0.2, -0.15) is 0 Å². The highest BCUT2D eigenvalue weighted by Gasteiger charge is 2.32. The molecule has 184 valence electrons. The van der Waals surface area contributed by atoms with Gasteiger partial charge in [-0.25, -0.2) is 0 Å². The number of benzene rings is 3. The van der Waals surface area contributed by atoms with Crippen molar-refractivity contribution in [3.05, 3.63) is 85.5 Å². The van der Waals surface area contributed by atoms with Gasteiger partial charge in [0.2, 0.25) is 6.71 Å². The predicted octanol–water partition coefficient (Wildman–Crippen LogP) is 7.65. The molecule has 0 aliphatic rings. The van der Waals surface area contributed by atoms with Crippen LogP contribution in [0.2, 0.25) is 0 Å². The Morgan fingerprint density at radius 1 is 0.353 bits per heavy atom. The molecule has 0 radical (unpaired) electrons. The third-order valence-corrected chi connectivity index (χ3v) is 7.40. The molecule has 0 heterocycles. The van der Waals surface area contributed by atoms with E-state index in [1.54, 1.807) is 0 Å². The summed E-state index contributed by atoms with van der Waals surface area (Å²) >= 11 is 0. The summed E-state index contributed by atoms with van der Waals surface area (Å²) in [4.78, 5) is 0. The van der Waals surface area contributed by atoms with Crippen LogP contribution in [0.5, 0.6) is 0 Å². The summed E-state index contributed by atoms with van der Waals surface area (Å²) in [7, 11) is 0. The van der Waals surface area contributed by atoms with E-state index in [1.165, 1.54) is 77.6 Å². The minimum absolute atomic E-state index is 0.254. The van der Waals surface area contributed by atoms with Crippen LogP contribution in [0.15, 0.2) is 24.3 Å². The molecule has 0 aliphatic heterocycles. The minimum atomic E-state index is 0.254. The van der Waals surface area contributed by atoms with Gasteiger partial charge in [0.1, 0.15) is 0 Å². The molecule has 0 unspecified atom stereocenters. The van der Waals surface area contributed by atoms with Gasteiger partial charge >= 0.3 is 0 Å². The van der Waals surface area contributed by atoms with Crippen LogP contribution in [0.3, 0.4) is 0 Å². The quantitative estimate of drug-likeness (QED) is 0.355. The summed E-state index contributed by atoms with van der Waals surface area (Å²) in [5.74, 6) is 0. The molecule has 0 N–H and O–H groups in total. The van der Waals surface area contributed by atoms with Gasteiger partial charge in [0, 0.05) is 0 Å². The Bertz CT molecular complexity index is 1020. The molecule has 3 aromatic carbocycles. The van der Waals surface area contributed by atoms with Crippen LogP contribution in [0, 0.1) is 76.2 Å². The summed E-state index contributed by atoms with van der Waals surface area (Å²) in [5, 5.41) is 0. The number of rotatable bonds is 3. The Hall–Kier alpha value is -2.28. The summed E-state index contributed by atoms with van der Waals surface area (Å²) in [5.41, 5.74) is 19.9. The Kier molecular flexibility index (Phi) is 10.9. The third kappa shape index (κ3) is 5.68. The fraction of sp³-hybridized carbons (Fsp3) is 0.455. The Balaban J connectivity index is 0.00000137. The number of aryl methyl sites for hydroxylation is 6. The van der Waals surface area contributed by atoms with Crippen molar-refractivity contribution in [1.29, 1.82) is 0 Å². The Labute approximate surface area is 212 Å². The Morgan fingerprint density at radius 2 is 0.588 bits per heavy atom. The van der Waals surface area contributed by atoms with Crippen molar-refractivity contribution in [1.82, 2.24) is 0 Å². The summed E-state index contributed by atoms with van der Waals surface area (Å²) in [6.07, 6.45) is 0. The van der Waals surface area contributed by atoms with E-state index in [1.807, 2.05) is 27.7 Å². The van der Waals surface area contributed by atoms with Gasteiger partial charge in [-0.3, -0.25) is 0 Å². The molecule has 0 aromatic heterocycles. The maximum Gasteiger partial charge on any atom is 0.243 e. The van der Waals surface area contributed by atoms with E-state index in [9.17, 15) is 0 Å². The zero-order chi connectivity index (χ0) is 26.5. The van der Waals surface area contributed by atoms with Crippen molar-refractivity contribution >= 4 is 23.1 Å². The van der Waals surface area contributed by atoms with Crippen LogP contribution in [0.4, 0.5) is 0 Å². The standard InChI is InChI=1S/C29H37B.2C2H6/c1-16-12-18(3)27(19(4)13-16)30(28-20(5)14-17(2)15-21(28)6)29-25(10)23(8)22(7)24(9)26(29)11;2*1-2/h12-15H,1-11H3;2*1-2H3. The first-order valence-electron chi connectivity index (χ1n) is 13.2. The van der Waals surface area contributed by atoms with Crippen molar-refractivity contribution in [2.45, 2.75) is 104 Å². The van der Waals surface area contributed by atoms with E-state index in [-0.39, 0.29) is 6.71 Å². The first-order valence-corrected chi connectivity index (χ1v) is 13.2. The van der Waals surface area contributed by atoms with Gasteiger partial charge in [-0.05, 0) is 92.9 Å². The van der Waals surface area contributed by atoms with E-state index in [2.05, 4.69) is 100 Å². The minimum Gasteiger partial charge on any atom is -0.0683 e. The second-order valence-electron chi connectivity index (χ2n) is 9.60. The maximum atomic E-state index is 2.35. The van der Waals surface area contributed by atoms with E-state index < -0.39 is 0 Å². The molecule has 0 atom stereocenters. The smallest absolute Gasteiger partial charge is 0.0683 e. The zero-order valence-electron chi connectivity index (χ0n) is 24.9. The fourth-order valence-electron chi connectivity index (χ4n) is 5.69. The van der Waals surface area contributed by atoms with Gasteiger partial charge in [0.05, 0.1) is 0 Å². The van der Waals surface area contributed by atoms with E-state index in [0.29, 0.717) is 0 Å². The molecule has 34 heavy (non-hydrogen) atoms. The number of hydrogen-bond donors (Lipinski definition) is 0. The molecule has 0 amide bonds. The van der Waals surface area contributed by atoms with Crippen molar-refractivity contribution in [2.24, 2.45) is 0 Å². The van der Waals surface area contributed by atoms with Gasteiger partial charge in [-0.15, -0.1) is 0 Å². The van der Waals surface area contributed by atoms with Crippen molar-refractivity contribution < 1.29 is 0 Å². The SMILES string of the molecule is CC.CC.Cc1cc(C)c(B(c2c(C)cc(C)cc2C)c2c(C)c(C)c(C)c(C)c2C)c(C)c1. The first-order chi connectivity index (χ1) is 16.0. The first kappa shape index (κ1) is 29.8. The molecule has 1 heteroatoms. The van der Waals surface area contributed by atoms with Crippen molar-refractivity contribution in [3.8, 4) is 0 Å². The molecular weight excluding hydrogens is 407 g/mol.